The number of hydrogen-bond donors (Lipinski definition) is 5. The van der Waals surface area contributed by atoms with Crippen molar-refractivity contribution in [2.24, 2.45) is 5.10 Å². The highest BCUT2D eigenvalue weighted by Crippen LogP contribution is 2.21. The summed E-state index contributed by atoms with van der Waals surface area (Å²) in [6.07, 6.45) is 1.40. The number of hydrazone groups is 1. The van der Waals surface area contributed by atoms with Crippen molar-refractivity contribution >= 4 is 29.7 Å². The monoisotopic (exact) mass is 427 g/mol. The molecule has 3 aromatic carbocycles. The number of phenolic OH excluding ortho intramolecular Hbond substituents is 2. The molecule has 0 fully saturated rings. The number of nitrogens with zero attached hydrogens (tertiary/aromatic N) is 4. The Labute approximate surface area is 184 Å². The third-order valence-corrected chi connectivity index (χ3v) is 4.34. The Morgan fingerprint density at radius 1 is 0.781 bits per heavy atom. The maximum atomic E-state index is 9.88. The standard InChI is InChI=1S/C23H21N7O2/c31-19-12-11-17(20(32)13-19)15-25-30-23-28-21(24-14-16-7-3-1-4-8-16)27-22(29-23)26-18-9-5-2-6-10-18/h1-13,15,31-32H,14H2,(H3,24,26,27,28,29,30)/b25-15+. The highest BCUT2D eigenvalue weighted by Gasteiger charge is 2.07. The summed E-state index contributed by atoms with van der Waals surface area (Å²) in [5, 5.41) is 29.7. The predicted molar refractivity (Wildman–Crippen MR) is 124 cm³/mol. The zero-order chi connectivity index (χ0) is 22.2. The Hall–Kier alpha value is -4.66. The van der Waals surface area contributed by atoms with E-state index >= 15 is 0 Å². The largest absolute Gasteiger partial charge is 0.508 e. The number of aromatic nitrogens is 3. The first-order valence-corrected chi connectivity index (χ1v) is 9.83. The molecule has 32 heavy (non-hydrogen) atoms. The van der Waals surface area contributed by atoms with Crippen LogP contribution in [0, 0.1) is 0 Å². The molecule has 0 aliphatic heterocycles. The van der Waals surface area contributed by atoms with E-state index in [-0.39, 0.29) is 17.4 Å². The number of hydrogen-bond acceptors (Lipinski definition) is 9. The minimum absolute atomic E-state index is 0.0316. The molecule has 0 unspecified atom stereocenters. The minimum Gasteiger partial charge on any atom is -0.508 e. The van der Waals surface area contributed by atoms with Gasteiger partial charge in [0.2, 0.25) is 17.8 Å². The van der Waals surface area contributed by atoms with Crippen molar-refractivity contribution in [3.8, 4) is 11.5 Å². The second-order valence-corrected chi connectivity index (χ2v) is 6.75. The van der Waals surface area contributed by atoms with Gasteiger partial charge < -0.3 is 20.8 Å². The summed E-state index contributed by atoms with van der Waals surface area (Å²) in [7, 11) is 0. The number of anilines is 4. The Morgan fingerprint density at radius 2 is 1.47 bits per heavy atom. The van der Waals surface area contributed by atoms with Crippen LogP contribution in [0.4, 0.5) is 23.5 Å². The molecular formula is C23H21N7O2. The van der Waals surface area contributed by atoms with Crippen molar-refractivity contribution in [1.29, 1.82) is 0 Å². The Morgan fingerprint density at radius 3 is 2.22 bits per heavy atom. The van der Waals surface area contributed by atoms with E-state index in [0.29, 0.717) is 24.0 Å². The summed E-state index contributed by atoms with van der Waals surface area (Å²) in [4.78, 5) is 13.1. The van der Waals surface area contributed by atoms with E-state index in [4.69, 9.17) is 0 Å². The zero-order valence-corrected chi connectivity index (χ0v) is 17.0. The van der Waals surface area contributed by atoms with Gasteiger partial charge in [-0.05, 0) is 29.8 Å². The fraction of sp³-hybridized carbons (Fsp3) is 0.0435. The van der Waals surface area contributed by atoms with Crippen LogP contribution >= 0.6 is 0 Å². The van der Waals surface area contributed by atoms with Crippen LogP contribution < -0.4 is 16.1 Å². The number of benzene rings is 3. The fourth-order valence-electron chi connectivity index (χ4n) is 2.79. The lowest BCUT2D eigenvalue weighted by molar-refractivity contribution is 0.450. The van der Waals surface area contributed by atoms with Gasteiger partial charge in [0.1, 0.15) is 11.5 Å². The van der Waals surface area contributed by atoms with Gasteiger partial charge >= 0.3 is 0 Å². The number of aromatic hydroxyl groups is 2. The number of rotatable bonds is 8. The number of para-hydroxylation sites is 1. The van der Waals surface area contributed by atoms with Crippen LogP contribution in [0.25, 0.3) is 0 Å². The molecule has 0 aliphatic carbocycles. The lowest BCUT2D eigenvalue weighted by Crippen LogP contribution is -2.09. The maximum Gasteiger partial charge on any atom is 0.250 e. The summed E-state index contributed by atoms with van der Waals surface area (Å²) in [5.74, 6) is 0.793. The van der Waals surface area contributed by atoms with E-state index in [2.05, 4.69) is 36.1 Å². The smallest absolute Gasteiger partial charge is 0.250 e. The lowest BCUT2D eigenvalue weighted by atomic mass is 10.2. The van der Waals surface area contributed by atoms with E-state index in [1.807, 2.05) is 60.7 Å². The number of nitrogens with one attached hydrogen (secondary N) is 3. The van der Waals surface area contributed by atoms with Gasteiger partial charge in [0.25, 0.3) is 0 Å². The van der Waals surface area contributed by atoms with E-state index in [1.165, 1.54) is 18.3 Å². The fourth-order valence-corrected chi connectivity index (χ4v) is 2.79. The molecular weight excluding hydrogens is 406 g/mol. The van der Waals surface area contributed by atoms with Crippen molar-refractivity contribution in [3.63, 3.8) is 0 Å². The predicted octanol–water partition coefficient (Wildman–Crippen LogP) is 4.08. The highest BCUT2D eigenvalue weighted by molar-refractivity contribution is 5.84. The molecule has 160 valence electrons. The molecule has 0 radical (unpaired) electrons. The minimum atomic E-state index is -0.0946. The van der Waals surface area contributed by atoms with Crippen LogP contribution in [0.5, 0.6) is 11.5 Å². The van der Waals surface area contributed by atoms with Crippen LogP contribution in [-0.4, -0.2) is 31.4 Å². The summed E-state index contributed by atoms with van der Waals surface area (Å²) in [6.45, 7) is 0.541. The second kappa shape index (κ2) is 9.90. The number of phenols is 2. The van der Waals surface area contributed by atoms with E-state index in [0.717, 1.165) is 11.3 Å². The normalized spacial score (nSPS) is 10.8. The topological polar surface area (TPSA) is 128 Å². The van der Waals surface area contributed by atoms with Gasteiger partial charge in [-0.2, -0.15) is 20.1 Å². The molecule has 0 spiro atoms. The molecule has 4 aromatic rings. The zero-order valence-electron chi connectivity index (χ0n) is 17.0. The molecule has 0 saturated carbocycles. The molecule has 0 saturated heterocycles. The van der Waals surface area contributed by atoms with Gasteiger partial charge in [0.15, 0.2) is 0 Å². The van der Waals surface area contributed by atoms with Gasteiger partial charge in [-0.1, -0.05) is 48.5 Å². The van der Waals surface area contributed by atoms with Crippen LogP contribution in [-0.2, 0) is 6.54 Å². The lowest BCUT2D eigenvalue weighted by Gasteiger charge is -2.10. The third-order valence-electron chi connectivity index (χ3n) is 4.34. The average molecular weight is 427 g/mol. The van der Waals surface area contributed by atoms with Crippen LogP contribution in [0.1, 0.15) is 11.1 Å². The van der Waals surface area contributed by atoms with Crippen molar-refractivity contribution in [2.45, 2.75) is 6.54 Å². The van der Waals surface area contributed by atoms with Crippen molar-refractivity contribution in [1.82, 2.24) is 15.0 Å². The molecule has 9 heteroatoms. The molecule has 0 amide bonds. The Bertz CT molecular complexity index is 1200. The summed E-state index contributed by atoms with van der Waals surface area (Å²) < 4.78 is 0. The molecule has 5 N–H and O–H groups in total. The van der Waals surface area contributed by atoms with Gasteiger partial charge in [-0.15, -0.1) is 0 Å². The summed E-state index contributed by atoms with van der Waals surface area (Å²) in [5.41, 5.74) is 5.09. The molecule has 4 rings (SSSR count). The van der Waals surface area contributed by atoms with E-state index in [1.54, 1.807) is 6.07 Å². The van der Waals surface area contributed by atoms with Gasteiger partial charge in [-0.25, -0.2) is 5.43 Å². The van der Waals surface area contributed by atoms with Crippen molar-refractivity contribution < 1.29 is 10.2 Å². The molecule has 0 aliphatic rings. The second-order valence-electron chi connectivity index (χ2n) is 6.75. The van der Waals surface area contributed by atoms with Crippen molar-refractivity contribution in [2.75, 3.05) is 16.1 Å². The molecule has 1 heterocycles. The Kier molecular flexibility index (Phi) is 6.37. The highest BCUT2D eigenvalue weighted by atomic mass is 16.3. The van der Waals surface area contributed by atoms with Gasteiger partial charge in [0, 0.05) is 23.9 Å². The molecule has 1 aromatic heterocycles. The third kappa shape index (κ3) is 5.70. The van der Waals surface area contributed by atoms with Gasteiger partial charge in [-0.3, -0.25) is 0 Å². The first-order chi connectivity index (χ1) is 15.7. The van der Waals surface area contributed by atoms with Crippen LogP contribution in [0.2, 0.25) is 0 Å². The van der Waals surface area contributed by atoms with E-state index in [9.17, 15) is 10.2 Å². The molecule has 0 atom stereocenters. The first kappa shape index (κ1) is 20.6. The van der Waals surface area contributed by atoms with E-state index < -0.39 is 0 Å². The molecule has 0 bridgehead atoms. The maximum absolute atomic E-state index is 9.88. The van der Waals surface area contributed by atoms with Crippen LogP contribution in [0.15, 0.2) is 84.0 Å². The van der Waals surface area contributed by atoms with Crippen LogP contribution in [0.3, 0.4) is 0 Å². The summed E-state index contributed by atoms with van der Waals surface area (Å²) >= 11 is 0. The van der Waals surface area contributed by atoms with Crippen molar-refractivity contribution in [3.05, 3.63) is 90.0 Å². The average Bonchev–Trinajstić information content (AvgIpc) is 2.80. The quantitative estimate of drug-likeness (QED) is 0.210. The van der Waals surface area contributed by atoms with Gasteiger partial charge in [0.05, 0.1) is 6.21 Å². The SMILES string of the molecule is Oc1ccc(/C=N/Nc2nc(NCc3ccccc3)nc(Nc3ccccc3)n2)c(O)c1. The first-order valence-electron chi connectivity index (χ1n) is 9.83. The Balaban J connectivity index is 1.53. The summed E-state index contributed by atoms with van der Waals surface area (Å²) in [6, 6.07) is 23.7. The molecule has 9 nitrogen and oxygen atoms in total.